The lowest BCUT2D eigenvalue weighted by Gasteiger charge is -2.59. The number of nitrogens with one attached hydrogen (secondary N) is 1. The summed E-state index contributed by atoms with van der Waals surface area (Å²) in [5, 5.41) is 4.17. The minimum Gasteiger partial charge on any atom is -0.324 e. The number of rotatable bonds is 2. The predicted octanol–water partition coefficient (Wildman–Crippen LogP) is 6.93. The third kappa shape index (κ3) is 3.46. The number of likely N-dealkylation sites (tertiary alicyclic amines) is 1. The fourth-order valence-electron chi connectivity index (χ4n) is 8.35. The number of fused-ring (bicyclic) bond motifs is 5. The third-order valence-electron chi connectivity index (χ3n) is 9.81. The summed E-state index contributed by atoms with van der Waals surface area (Å²) in [7, 11) is 1.96. The number of carbonyl (C=O) groups excluding carboxylic acids is 2. The van der Waals surface area contributed by atoms with Crippen molar-refractivity contribution in [2.24, 2.45) is 34.5 Å². The highest BCUT2D eigenvalue weighted by molar-refractivity contribution is 6.35. The number of nitrogens with zero attached hydrogens (tertiary/aromatic N) is 1. The van der Waals surface area contributed by atoms with Crippen molar-refractivity contribution in [3.63, 3.8) is 0 Å². The van der Waals surface area contributed by atoms with Gasteiger partial charge in [-0.3, -0.25) is 9.59 Å². The van der Waals surface area contributed by atoms with Gasteiger partial charge in [-0.1, -0.05) is 42.6 Å². The van der Waals surface area contributed by atoms with Gasteiger partial charge in [0, 0.05) is 35.5 Å². The second-order valence-corrected chi connectivity index (χ2v) is 12.2. The van der Waals surface area contributed by atoms with E-state index in [0.717, 1.165) is 38.5 Å². The molecule has 6 heteroatoms. The largest absolute Gasteiger partial charge is 0.324 e. The van der Waals surface area contributed by atoms with E-state index in [-0.39, 0.29) is 28.6 Å². The van der Waals surface area contributed by atoms with Crippen molar-refractivity contribution in [2.45, 2.75) is 65.7 Å². The summed E-state index contributed by atoms with van der Waals surface area (Å²) in [5.74, 6) is 1.98. The van der Waals surface area contributed by atoms with Crippen LogP contribution in [0.15, 0.2) is 29.5 Å². The summed E-state index contributed by atoms with van der Waals surface area (Å²) in [4.78, 5) is 27.9. The standard InChI is InChI=1S/C27H34Cl2N2O2/c1-15-13-17-18-6-7-20(25(33)30-22-14-16(28)5-8-21(22)29)26(18,2)11-9-19(17)27(3)12-10-23(32)31(4)24(15)27/h5,8,14,17-20H,6-7,9-13H2,1-4H3,(H,30,33)/t17-,18-,19+,20?,26-,27+/m0/s1. The van der Waals surface area contributed by atoms with Gasteiger partial charge in [-0.2, -0.15) is 0 Å². The molecule has 6 atom stereocenters. The molecule has 1 aliphatic heterocycles. The summed E-state index contributed by atoms with van der Waals surface area (Å²) in [5.41, 5.74) is 3.30. The molecule has 0 spiro atoms. The molecular weight excluding hydrogens is 455 g/mol. The van der Waals surface area contributed by atoms with Gasteiger partial charge in [0.05, 0.1) is 10.7 Å². The Morgan fingerprint density at radius 1 is 1.12 bits per heavy atom. The SMILES string of the molecule is CC1=C2N(C)C(=O)CC[C@]2(C)[C@@H]2CC[C@]3(C)C(C(=O)Nc4cc(Cl)ccc4Cl)CC[C@H]3[C@@H]2C1. The Kier molecular flexibility index (Phi) is 5.64. The Bertz CT molecular complexity index is 1050. The van der Waals surface area contributed by atoms with Crippen molar-refractivity contribution in [3.05, 3.63) is 39.5 Å². The van der Waals surface area contributed by atoms with Crippen molar-refractivity contribution in [3.8, 4) is 0 Å². The first kappa shape index (κ1) is 23.2. The van der Waals surface area contributed by atoms with Gasteiger partial charge in [0.15, 0.2) is 0 Å². The number of allylic oxidation sites excluding steroid dienone is 2. The maximum atomic E-state index is 13.5. The molecule has 0 radical (unpaired) electrons. The minimum absolute atomic E-state index is 0.0131. The normalized spacial score (nSPS) is 38.0. The number of halogens is 2. The summed E-state index contributed by atoms with van der Waals surface area (Å²) < 4.78 is 0. The second kappa shape index (κ2) is 8.02. The monoisotopic (exact) mass is 488 g/mol. The highest BCUT2D eigenvalue weighted by atomic mass is 35.5. The molecule has 1 unspecified atom stereocenters. The topological polar surface area (TPSA) is 49.4 Å². The molecule has 5 rings (SSSR count). The van der Waals surface area contributed by atoms with Crippen molar-refractivity contribution in [2.75, 3.05) is 12.4 Å². The quantitative estimate of drug-likeness (QED) is 0.490. The van der Waals surface area contributed by atoms with Crippen molar-refractivity contribution >= 4 is 40.7 Å². The first-order chi connectivity index (χ1) is 15.6. The molecule has 0 bridgehead atoms. The maximum Gasteiger partial charge on any atom is 0.228 e. The molecule has 4 nitrogen and oxygen atoms in total. The van der Waals surface area contributed by atoms with Gasteiger partial charge < -0.3 is 10.2 Å². The van der Waals surface area contributed by atoms with E-state index in [1.54, 1.807) is 18.2 Å². The lowest BCUT2D eigenvalue weighted by Crippen LogP contribution is -2.54. The van der Waals surface area contributed by atoms with E-state index in [1.807, 2.05) is 11.9 Å². The van der Waals surface area contributed by atoms with Crippen LogP contribution in [0.3, 0.4) is 0 Å². The Morgan fingerprint density at radius 3 is 2.64 bits per heavy atom. The molecule has 4 aliphatic rings. The lowest BCUT2D eigenvalue weighted by molar-refractivity contribution is -0.137. The smallest absolute Gasteiger partial charge is 0.228 e. The molecule has 3 aliphatic carbocycles. The maximum absolute atomic E-state index is 13.5. The van der Waals surface area contributed by atoms with Crippen LogP contribution in [0.1, 0.15) is 65.7 Å². The van der Waals surface area contributed by atoms with E-state index in [0.29, 0.717) is 39.9 Å². The highest BCUT2D eigenvalue weighted by Gasteiger charge is 2.61. The van der Waals surface area contributed by atoms with Gasteiger partial charge in [0.2, 0.25) is 11.8 Å². The van der Waals surface area contributed by atoms with Crippen molar-refractivity contribution < 1.29 is 9.59 Å². The zero-order chi connectivity index (χ0) is 23.7. The molecule has 33 heavy (non-hydrogen) atoms. The number of hydrogen-bond acceptors (Lipinski definition) is 2. The molecule has 1 heterocycles. The van der Waals surface area contributed by atoms with E-state index >= 15 is 0 Å². The average molecular weight is 489 g/mol. The molecule has 3 fully saturated rings. The van der Waals surface area contributed by atoms with Gasteiger partial charge in [-0.15, -0.1) is 0 Å². The van der Waals surface area contributed by atoms with E-state index in [9.17, 15) is 9.59 Å². The van der Waals surface area contributed by atoms with E-state index in [2.05, 4.69) is 26.1 Å². The summed E-state index contributed by atoms with van der Waals surface area (Å²) in [6, 6.07) is 5.19. The van der Waals surface area contributed by atoms with Crippen LogP contribution in [-0.2, 0) is 9.59 Å². The van der Waals surface area contributed by atoms with Crippen LogP contribution < -0.4 is 5.32 Å². The molecular formula is C27H34Cl2N2O2. The van der Waals surface area contributed by atoms with E-state index in [1.165, 1.54) is 11.3 Å². The first-order valence-corrected chi connectivity index (χ1v) is 13.0. The van der Waals surface area contributed by atoms with Gasteiger partial charge in [-0.25, -0.2) is 0 Å². The Balaban J connectivity index is 1.42. The fraction of sp³-hybridized carbons (Fsp3) is 0.630. The lowest BCUT2D eigenvalue weighted by atomic mass is 9.48. The van der Waals surface area contributed by atoms with Gasteiger partial charge in [0.25, 0.3) is 0 Å². The van der Waals surface area contributed by atoms with Crippen LogP contribution >= 0.6 is 23.2 Å². The Labute approximate surface area is 207 Å². The Hall–Kier alpha value is -1.52. The zero-order valence-electron chi connectivity index (χ0n) is 20.0. The molecule has 2 amide bonds. The van der Waals surface area contributed by atoms with Crippen molar-refractivity contribution in [1.82, 2.24) is 4.90 Å². The molecule has 0 aromatic heterocycles. The molecule has 1 saturated heterocycles. The Morgan fingerprint density at radius 2 is 1.88 bits per heavy atom. The molecule has 2 saturated carbocycles. The molecule has 1 N–H and O–H groups in total. The van der Waals surface area contributed by atoms with Crippen LogP contribution in [0, 0.1) is 34.5 Å². The fourth-order valence-corrected chi connectivity index (χ4v) is 8.69. The zero-order valence-corrected chi connectivity index (χ0v) is 21.5. The highest BCUT2D eigenvalue weighted by Crippen LogP contribution is 2.67. The van der Waals surface area contributed by atoms with Crippen LogP contribution in [0.4, 0.5) is 5.69 Å². The number of amides is 2. The van der Waals surface area contributed by atoms with Crippen molar-refractivity contribution in [1.29, 1.82) is 0 Å². The molecule has 1 aromatic carbocycles. The predicted molar refractivity (Wildman–Crippen MR) is 133 cm³/mol. The van der Waals surface area contributed by atoms with Crippen LogP contribution in [0.5, 0.6) is 0 Å². The second-order valence-electron chi connectivity index (χ2n) is 11.4. The van der Waals surface area contributed by atoms with Crippen LogP contribution in [-0.4, -0.2) is 23.8 Å². The number of anilines is 1. The summed E-state index contributed by atoms with van der Waals surface area (Å²) in [6.07, 6.45) is 6.81. The minimum atomic E-state index is -0.0207. The third-order valence-corrected chi connectivity index (χ3v) is 10.4. The first-order valence-electron chi connectivity index (χ1n) is 12.3. The summed E-state index contributed by atoms with van der Waals surface area (Å²) >= 11 is 12.5. The summed E-state index contributed by atoms with van der Waals surface area (Å²) in [6.45, 7) is 6.97. The number of carbonyl (C=O) groups is 2. The number of benzene rings is 1. The molecule has 178 valence electrons. The number of piperidine rings is 1. The average Bonchev–Trinajstić information content (AvgIpc) is 3.11. The van der Waals surface area contributed by atoms with Crippen LogP contribution in [0.25, 0.3) is 0 Å². The molecule has 1 aromatic rings. The van der Waals surface area contributed by atoms with Crippen LogP contribution in [0.2, 0.25) is 10.0 Å². The van der Waals surface area contributed by atoms with Gasteiger partial charge in [-0.05, 0) is 86.8 Å². The van der Waals surface area contributed by atoms with E-state index in [4.69, 9.17) is 23.2 Å². The number of hydrogen-bond donors (Lipinski definition) is 1. The van der Waals surface area contributed by atoms with E-state index < -0.39 is 0 Å². The van der Waals surface area contributed by atoms with Gasteiger partial charge >= 0.3 is 0 Å². The van der Waals surface area contributed by atoms with Gasteiger partial charge in [0.1, 0.15) is 0 Å².